The van der Waals surface area contributed by atoms with Crippen LogP contribution in [-0.2, 0) is 11.3 Å². The molecule has 1 aliphatic heterocycles. The van der Waals surface area contributed by atoms with Crippen LogP contribution in [0.2, 0.25) is 0 Å². The Kier molecular flexibility index (Phi) is 6.86. The summed E-state index contributed by atoms with van der Waals surface area (Å²) in [5, 5.41) is 3.61. The standard InChI is InChI=1S/C25H32N4O3S/c1-16(26-24(31)32-25(2,3)4)19-12-8-9-13-29(19)15-21-27-22(30)18-14-20(33-23(18)28-21)17-10-6-5-7-11-17/h5-7,10-11,14,16,19H,8-9,12-13,15H2,1-4H3,(H,26,31)(H,27,28,30). The van der Waals surface area contributed by atoms with Gasteiger partial charge in [-0.25, -0.2) is 9.78 Å². The van der Waals surface area contributed by atoms with E-state index in [1.165, 1.54) is 11.3 Å². The van der Waals surface area contributed by atoms with E-state index < -0.39 is 11.7 Å². The second kappa shape index (κ2) is 9.65. The molecule has 2 N–H and O–H groups in total. The van der Waals surface area contributed by atoms with Crippen LogP contribution in [0, 0.1) is 0 Å². The highest BCUT2D eigenvalue weighted by Gasteiger charge is 2.30. The van der Waals surface area contributed by atoms with Gasteiger partial charge in [0, 0.05) is 17.0 Å². The number of thiophene rings is 1. The second-order valence-corrected chi connectivity index (χ2v) is 10.7. The van der Waals surface area contributed by atoms with Crippen molar-refractivity contribution in [3.63, 3.8) is 0 Å². The highest BCUT2D eigenvalue weighted by atomic mass is 32.1. The van der Waals surface area contributed by atoms with Gasteiger partial charge in [-0.1, -0.05) is 36.8 Å². The summed E-state index contributed by atoms with van der Waals surface area (Å²) < 4.78 is 5.43. The molecule has 4 rings (SSSR count). The first-order valence-corrected chi connectivity index (χ1v) is 12.3. The number of ether oxygens (including phenoxy) is 1. The fourth-order valence-electron chi connectivity index (χ4n) is 4.36. The number of rotatable bonds is 5. The van der Waals surface area contributed by atoms with Gasteiger partial charge in [-0.15, -0.1) is 11.3 Å². The molecule has 1 aliphatic rings. The third kappa shape index (κ3) is 5.81. The van der Waals surface area contributed by atoms with Crippen LogP contribution in [0.1, 0.15) is 52.8 Å². The second-order valence-electron chi connectivity index (χ2n) is 9.68. The van der Waals surface area contributed by atoms with E-state index in [9.17, 15) is 9.59 Å². The normalized spacial score (nSPS) is 18.2. The van der Waals surface area contributed by atoms with E-state index in [4.69, 9.17) is 9.72 Å². The Morgan fingerprint density at radius 1 is 1.30 bits per heavy atom. The number of H-pyrrole nitrogens is 1. The van der Waals surface area contributed by atoms with Crippen LogP contribution < -0.4 is 10.9 Å². The van der Waals surface area contributed by atoms with Crippen LogP contribution in [0.5, 0.6) is 0 Å². The molecule has 176 valence electrons. The van der Waals surface area contributed by atoms with E-state index in [1.54, 1.807) is 0 Å². The SMILES string of the molecule is CC(NC(=O)OC(C)(C)C)C1CCCCN1Cc1nc2sc(-c3ccccc3)cc2c(=O)[nH]1. The number of alkyl carbamates (subject to hydrolysis) is 1. The van der Waals surface area contributed by atoms with E-state index in [0.29, 0.717) is 17.8 Å². The van der Waals surface area contributed by atoms with E-state index in [0.717, 1.165) is 41.1 Å². The molecule has 3 aromatic rings. The number of piperidine rings is 1. The lowest BCUT2D eigenvalue weighted by Gasteiger charge is -2.39. The minimum atomic E-state index is -0.534. The van der Waals surface area contributed by atoms with E-state index >= 15 is 0 Å². The fraction of sp³-hybridized carbons (Fsp3) is 0.480. The molecule has 1 amide bonds. The first-order chi connectivity index (χ1) is 15.7. The number of nitrogens with zero attached hydrogens (tertiary/aromatic N) is 2. The molecule has 0 aliphatic carbocycles. The van der Waals surface area contributed by atoms with Crippen LogP contribution in [0.3, 0.4) is 0 Å². The van der Waals surface area contributed by atoms with Crippen molar-refractivity contribution >= 4 is 27.6 Å². The van der Waals surface area contributed by atoms with Crippen molar-refractivity contribution in [1.29, 1.82) is 0 Å². The summed E-state index contributed by atoms with van der Waals surface area (Å²) in [4.78, 5) is 36.9. The summed E-state index contributed by atoms with van der Waals surface area (Å²) in [6, 6.07) is 12.0. The molecule has 3 heterocycles. The van der Waals surface area contributed by atoms with Crippen LogP contribution >= 0.6 is 11.3 Å². The predicted octanol–water partition coefficient (Wildman–Crippen LogP) is 4.92. The van der Waals surface area contributed by atoms with Crippen molar-refractivity contribution in [2.45, 2.75) is 71.2 Å². The first-order valence-electron chi connectivity index (χ1n) is 11.5. The van der Waals surface area contributed by atoms with Gasteiger partial charge in [-0.05, 0) is 58.7 Å². The smallest absolute Gasteiger partial charge is 0.407 e. The van der Waals surface area contributed by atoms with Crippen LogP contribution in [0.25, 0.3) is 20.7 Å². The van der Waals surface area contributed by atoms with Gasteiger partial charge in [-0.2, -0.15) is 0 Å². The number of fused-ring (bicyclic) bond motifs is 1. The quantitative estimate of drug-likeness (QED) is 0.555. The van der Waals surface area contributed by atoms with Crippen molar-refractivity contribution in [2.75, 3.05) is 6.54 Å². The van der Waals surface area contributed by atoms with Gasteiger partial charge in [0.2, 0.25) is 0 Å². The largest absolute Gasteiger partial charge is 0.444 e. The molecule has 33 heavy (non-hydrogen) atoms. The molecule has 0 radical (unpaired) electrons. The Balaban J connectivity index is 1.52. The number of carbonyl (C=O) groups is 1. The number of hydrogen-bond acceptors (Lipinski definition) is 6. The highest BCUT2D eigenvalue weighted by Crippen LogP contribution is 2.31. The lowest BCUT2D eigenvalue weighted by molar-refractivity contribution is 0.0434. The molecule has 0 saturated carbocycles. The number of benzene rings is 1. The maximum atomic E-state index is 12.8. The predicted molar refractivity (Wildman–Crippen MR) is 133 cm³/mol. The van der Waals surface area contributed by atoms with Gasteiger partial charge in [0.25, 0.3) is 5.56 Å². The lowest BCUT2D eigenvalue weighted by atomic mass is 9.96. The van der Waals surface area contributed by atoms with Crippen molar-refractivity contribution in [1.82, 2.24) is 20.2 Å². The van der Waals surface area contributed by atoms with Gasteiger partial charge in [0.05, 0.1) is 11.9 Å². The van der Waals surface area contributed by atoms with Crippen molar-refractivity contribution in [3.05, 3.63) is 52.6 Å². The molecule has 1 saturated heterocycles. The summed E-state index contributed by atoms with van der Waals surface area (Å²) in [6.45, 7) is 9.02. The van der Waals surface area contributed by atoms with Crippen molar-refractivity contribution in [2.24, 2.45) is 0 Å². The number of carbonyl (C=O) groups excluding carboxylic acids is 1. The van der Waals surface area contributed by atoms with Gasteiger partial charge in [-0.3, -0.25) is 9.69 Å². The Hall–Kier alpha value is -2.71. The third-order valence-electron chi connectivity index (χ3n) is 5.85. The van der Waals surface area contributed by atoms with Gasteiger partial charge < -0.3 is 15.0 Å². The summed E-state index contributed by atoms with van der Waals surface area (Å²) in [5.41, 5.74) is 0.440. The zero-order valence-electron chi connectivity index (χ0n) is 19.7. The maximum absolute atomic E-state index is 12.8. The summed E-state index contributed by atoms with van der Waals surface area (Å²) >= 11 is 1.54. The van der Waals surface area contributed by atoms with E-state index in [1.807, 2.05) is 64.1 Å². The monoisotopic (exact) mass is 468 g/mol. The minimum absolute atomic E-state index is 0.0815. The Labute approximate surface area is 198 Å². The minimum Gasteiger partial charge on any atom is -0.444 e. The van der Waals surface area contributed by atoms with Crippen molar-refractivity contribution < 1.29 is 9.53 Å². The zero-order chi connectivity index (χ0) is 23.6. The summed E-state index contributed by atoms with van der Waals surface area (Å²) in [5.74, 6) is 0.658. The average molecular weight is 469 g/mol. The molecule has 1 fully saturated rings. The molecule has 8 heteroatoms. The Bertz CT molecular complexity index is 1170. The fourth-order valence-corrected chi connectivity index (χ4v) is 5.41. The van der Waals surface area contributed by atoms with Gasteiger partial charge >= 0.3 is 6.09 Å². The molecular weight excluding hydrogens is 436 g/mol. The third-order valence-corrected chi connectivity index (χ3v) is 6.93. The molecule has 2 aromatic heterocycles. The Morgan fingerprint density at radius 3 is 2.79 bits per heavy atom. The molecule has 0 spiro atoms. The summed E-state index contributed by atoms with van der Waals surface area (Å²) in [7, 11) is 0. The van der Waals surface area contributed by atoms with Crippen LogP contribution in [0.4, 0.5) is 4.79 Å². The lowest BCUT2D eigenvalue weighted by Crippen LogP contribution is -2.52. The number of amides is 1. The first kappa shape index (κ1) is 23.4. The molecular formula is C25H32N4O3S. The molecule has 0 bridgehead atoms. The molecule has 2 unspecified atom stereocenters. The number of aromatic amines is 1. The molecule has 1 aromatic carbocycles. The topological polar surface area (TPSA) is 87.3 Å². The summed E-state index contributed by atoms with van der Waals surface area (Å²) in [6.07, 6.45) is 2.76. The number of nitrogens with one attached hydrogen (secondary N) is 2. The number of likely N-dealkylation sites (tertiary alicyclic amines) is 1. The van der Waals surface area contributed by atoms with Crippen LogP contribution in [0.15, 0.2) is 41.2 Å². The van der Waals surface area contributed by atoms with E-state index in [-0.39, 0.29) is 17.6 Å². The molecule has 2 atom stereocenters. The number of aromatic nitrogens is 2. The zero-order valence-corrected chi connectivity index (χ0v) is 20.5. The van der Waals surface area contributed by atoms with E-state index in [2.05, 4.69) is 15.2 Å². The Morgan fingerprint density at radius 2 is 2.06 bits per heavy atom. The highest BCUT2D eigenvalue weighted by molar-refractivity contribution is 7.21. The van der Waals surface area contributed by atoms with Crippen molar-refractivity contribution in [3.8, 4) is 10.4 Å². The van der Waals surface area contributed by atoms with Gasteiger partial charge in [0.1, 0.15) is 16.3 Å². The van der Waals surface area contributed by atoms with Gasteiger partial charge in [0.15, 0.2) is 0 Å². The van der Waals surface area contributed by atoms with Crippen LogP contribution in [-0.4, -0.2) is 45.2 Å². The average Bonchev–Trinajstić information content (AvgIpc) is 3.18. The molecule has 7 nitrogen and oxygen atoms in total. The number of hydrogen-bond donors (Lipinski definition) is 2. The maximum Gasteiger partial charge on any atom is 0.407 e.